The van der Waals surface area contributed by atoms with Gasteiger partial charge in [-0.3, -0.25) is 9.59 Å². The average molecular weight is 1050 g/mol. The molecule has 4 aromatic rings. The number of aliphatic hydroxyl groups is 2. The molecule has 4 unspecified atom stereocenters. The van der Waals surface area contributed by atoms with Crippen LogP contribution >= 0.6 is 34.8 Å². The van der Waals surface area contributed by atoms with Crippen LogP contribution in [0.5, 0.6) is 0 Å². The molecule has 0 aromatic heterocycles. The topological polar surface area (TPSA) is 176 Å². The third kappa shape index (κ3) is 16.2. The minimum absolute atomic E-state index is 0.0183. The molecule has 2 heterocycles. The third-order valence-corrected chi connectivity index (χ3v) is 15.3. The molecule has 0 radical (unpaired) electrons. The molecule has 382 valence electrons. The molecule has 0 aliphatic carbocycles. The molecule has 4 atom stereocenters. The highest BCUT2D eigenvalue weighted by molar-refractivity contribution is 7.91. The minimum atomic E-state index is -3.51. The quantitative estimate of drug-likeness (QED) is 0.0491. The Labute approximate surface area is 427 Å². The fraction of sp³-hybridized carbons (Fsp3) is 0.500. The number of halogens is 3. The van der Waals surface area contributed by atoms with Crippen LogP contribution in [0.2, 0.25) is 15.1 Å². The molecule has 2 aliphatic heterocycles. The van der Waals surface area contributed by atoms with Gasteiger partial charge in [-0.1, -0.05) is 77.3 Å². The number of hydrogen-bond donors (Lipinski definition) is 4. The summed E-state index contributed by atoms with van der Waals surface area (Å²) < 4.78 is 48.3. The van der Waals surface area contributed by atoms with E-state index in [0.29, 0.717) is 36.3 Å². The molecule has 18 heteroatoms. The fourth-order valence-electron chi connectivity index (χ4n) is 8.90. The normalized spacial score (nSPS) is 17.1. The smallest absolute Gasteiger partial charge is 0.252 e. The van der Waals surface area contributed by atoms with E-state index in [0.717, 1.165) is 72.7 Å². The fourth-order valence-corrected chi connectivity index (χ4v) is 11.1. The van der Waals surface area contributed by atoms with Crippen molar-refractivity contribution in [3.8, 4) is 0 Å². The van der Waals surface area contributed by atoms with Crippen LogP contribution in [0.1, 0.15) is 75.6 Å². The number of carbonyl (C=O) groups is 2. The van der Waals surface area contributed by atoms with Gasteiger partial charge in [0.2, 0.25) is 0 Å². The van der Waals surface area contributed by atoms with Gasteiger partial charge < -0.3 is 49.6 Å². The highest BCUT2D eigenvalue weighted by Gasteiger charge is 2.31. The van der Waals surface area contributed by atoms with Crippen molar-refractivity contribution >= 4 is 56.5 Å². The summed E-state index contributed by atoms with van der Waals surface area (Å²) in [5.74, 6) is -1.61. The van der Waals surface area contributed by atoms with Crippen LogP contribution < -0.4 is 10.6 Å². The van der Waals surface area contributed by atoms with Crippen LogP contribution in [0.15, 0.2) is 77.7 Å². The van der Waals surface area contributed by atoms with Crippen molar-refractivity contribution in [3.63, 3.8) is 0 Å². The maximum atomic E-state index is 13.0. The summed E-state index contributed by atoms with van der Waals surface area (Å²) >= 11 is 19.5. The zero-order valence-electron chi connectivity index (χ0n) is 40.3. The van der Waals surface area contributed by atoms with Crippen LogP contribution in [0.3, 0.4) is 0 Å². The first-order valence-electron chi connectivity index (χ1n) is 23.9. The molecular formula is C52H67Cl3N4O10S. The summed E-state index contributed by atoms with van der Waals surface area (Å²) in [6.07, 6.45) is -0.829. The Morgan fingerprint density at radius 1 is 0.643 bits per heavy atom. The van der Waals surface area contributed by atoms with Crippen molar-refractivity contribution in [1.29, 1.82) is 0 Å². The van der Waals surface area contributed by atoms with Gasteiger partial charge in [0.15, 0.2) is 22.0 Å². The number of fused-ring (bicyclic) bond motifs is 2. The van der Waals surface area contributed by atoms with E-state index in [4.69, 9.17) is 53.8 Å². The predicted molar refractivity (Wildman–Crippen MR) is 273 cm³/mol. The van der Waals surface area contributed by atoms with E-state index in [1.807, 2.05) is 37.3 Å². The van der Waals surface area contributed by atoms with Gasteiger partial charge >= 0.3 is 0 Å². The van der Waals surface area contributed by atoms with Crippen molar-refractivity contribution in [3.05, 3.63) is 132 Å². The number of carbonyl (C=O) groups excluding carboxylic acids is 2. The largest absolute Gasteiger partial charge is 0.380 e. The highest BCUT2D eigenvalue weighted by atomic mass is 35.5. The number of likely N-dealkylation sites (N-methyl/N-ethyl adjacent to an activating group) is 2. The van der Waals surface area contributed by atoms with Crippen molar-refractivity contribution in [2.45, 2.75) is 74.6 Å². The first-order chi connectivity index (χ1) is 33.6. The van der Waals surface area contributed by atoms with Gasteiger partial charge in [-0.2, -0.15) is 0 Å². The number of rotatable bonds is 27. The second-order valence-corrected chi connectivity index (χ2v) is 21.5. The van der Waals surface area contributed by atoms with Crippen LogP contribution in [-0.4, -0.2) is 151 Å². The number of hydrogen-bond acceptors (Lipinski definition) is 12. The molecule has 0 fully saturated rings. The van der Waals surface area contributed by atoms with Crippen LogP contribution in [0.4, 0.5) is 0 Å². The molecule has 0 saturated heterocycles. The van der Waals surface area contributed by atoms with Gasteiger partial charge in [0.05, 0.1) is 50.3 Å². The summed E-state index contributed by atoms with van der Waals surface area (Å²) in [5.41, 5.74) is 9.27. The Hall–Kier alpha value is -3.68. The van der Waals surface area contributed by atoms with Gasteiger partial charge in [-0.15, -0.1) is 0 Å². The van der Waals surface area contributed by atoms with Crippen LogP contribution in [0, 0.1) is 6.92 Å². The Kier molecular flexibility index (Phi) is 21.8. The first-order valence-corrected chi connectivity index (χ1v) is 26.7. The number of aryl methyl sites for hydroxylation is 2. The molecular weight excluding hydrogens is 979 g/mol. The molecule has 4 aromatic carbocycles. The second kappa shape index (κ2) is 27.4. The number of amides is 2. The van der Waals surface area contributed by atoms with Crippen molar-refractivity contribution in [2.75, 3.05) is 98.9 Å². The van der Waals surface area contributed by atoms with Gasteiger partial charge in [-0.05, 0) is 122 Å². The number of aliphatic hydroxyl groups excluding tert-OH is 2. The lowest BCUT2D eigenvalue weighted by molar-refractivity contribution is -0.146. The van der Waals surface area contributed by atoms with Crippen molar-refractivity contribution in [2.24, 2.45) is 0 Å². The first kappa shape index (κ1) is 55.6. The van der Waals surface area contributed by atoms with Crippen LogP contribution in [0.25, 0.3) is 0 Å². The van der Waals surface area contributed by atoms with E-state index in [9.17, 15) is 28.2 Å². The number of sulfone groups is 1. The molecule has 0 saturated carbocycles. The number of nitrogens with one attached hydrogen (secondary N) is 2. The lowest BCUT2D eigenvalue weighted by Gasteiger charge is -2.33. The second-order valence-electron chi connectivity index (χ2n) is 18.1. The molecule has 0 spiro atoms. The highest BCUT2D eigenvalue weighted by Crippen LogP contribution is 2.39. The number of unbranched alkanes of at least 4 members (excludes halogenated alkanes) is 1. The van der Waals surface area contributed by atoms with Gasteiger partial charge in [-0.25, -0.2) is 8.42 Å². The van der Waals surface area contributed by atoms with E-state index in [1.54, 1.807) is 12.1 Å². The SMILES string of the molecule is Cc1cc(Cl)c2c(c1)C(c1ccc(S(=O)(=O)CCCOCCOCCNC(=O)C(O)C(O)C(=O)NCCOCCOCCCCc3ccc(C4CN(C)Cc5c(Cl)cc(Cl)cc54)cc3)cc1)CN(C)C2. The number of ether oxygens (including phenoxy) is 4. The van der Waals surface area contributed by atoms with E-state index in [1.165, 1.54) is 22.3 Å². The molecule has 14 nitrogen and oxygen atoms in total. The molecule has 4 N–H and O–H groups in total. The monoisotopic (exact) mass is 1040 g/mol. The van der Waals surface area contributed by atoms with Crippen LogP contribution in [-0.2, 0) is 57.9 Å². The molecule has 0 bridgehead atoms. The van der Waals surface area contributed by atoms with E-state index in [-0.39, 0.29) is 68.6 Å². The minimum Gasteiger partial charge on any atom is -0.380 e. The molecule has 2 amide bonds. The summed E-state index contributed by atoms with van der Waals surface area (Å²) in [6, 6.07) is 23.9. The standard InChI is InChI=1S/C52H67Cl3N4O10S/c1-35-27-41-43(31-58(2)33-45(41)47(54)28-35)38-12-14-40(15-13-38)70(64,65)26-6-19-67-23-25-69-21-17-57-52(63)50(61)49(60)51(62)56-16-20-68-24-22-66-18-5-4-7-36-8-10-37(11-9-36)44-32-59(3)34-46-42(44)29-39(53)30-48(46)55/h8-15,27-30,43-44,49-50,60-61H,4-7,16-26,31-34H2,1-3H3,(H,56,62)(H,57,63). The van der Waals surface area contributed by atoms with Gasteiger partial charge in [0.1, 0.15) is 0 Å². The Bertz CT molecular complexity index is 2450. The Morgan fingerprint density at radius 3 is 1.66 bits per heavy atom. The maximum absolute atomic E-state index is 13.0. The lowest BCUT2D eigenvalue weighted by atomic mass is 9.84. The summed E-state index contributed by atoms with van der Waals surface area (Å²) in [4.78, 5) is 29.4. The zero-order chi connectivity index (χ0) is 50.2. The lowest BCUT2D eigenvalue weighted by Crippen LogP contribution is -2.50. The van der Waals surface area contributed by atoms with E-state index in [2.05, 4.69) is 64.9 Å². The number of nitrogens with zero attached hydrogens (tertiary/aromatic N) is 2. The number of benzene rings is 4. The third-order valence-electron chi connectivity index (χ3n) is 12.6. The van der Waals surface area contributed by atoms with Gasteiger partial charge in [0.25, 0.3) is 11.8 Å². The maximum Gasteiger partial charge on any atom is 0.252 e. The van der Waals surface area contributed by atoms with E-state index >= 15 is 0 Å². The molecule has 6 rings (SSSR count). The summed E-state index contributed by atoms with van der Waals surface area (Å²) in [7, 11) is 0.648. The molecule has 70 heavy (non-hydrogen) atoms. The predicted octanol–water partition coefficient (Wildman–Crippen LogP) is 6.32. The molecule has 2 aliphatic rings. The summed E-state index contributed by atoms with van der Waals surface area (Å²) in [6.45, 7) is 7.57. The van der Waals surface area contributed by atoms with Crippen molar-refractivity contribution in [1.82, 2.24) is 20.4 Å². The average Bonchev–Trinajstić information content (AvgIpc) is 3.33. The Morgan fingerprint density at radius 2 is 1.11 bits per heavy atom. The Balaban J connectivity index is 0.736. The summed E-state index contributed by atoms with van der Waals surface area (Å²) in [5, 5.41) is 27.4. The van der Waals surface area contributed by atoms with E-state index < -0.39 is 33.9 Å². The zero-order valence-corrected chi connectivity index (χ0v) is 43.4. The van der Waals surface area contributed by atoms with Crippen molar-refractivity contribution < 1.29 is 47.2 Å². The van der Waals surface area contributed by atoms with Gasteiger partial charge in [0, 0.05) is 79.4 Å².